The maximum absolute atomic E-state index is 12.3. The van der Waals surface area contributed by atoms with Gasteiger partial charge in [-0.25, -0.2) is 4.99 Å². The molecular weight excluding hydrogens is 454 g/mol. The van der Waals surface area contributed by atoms with Gasteiger partial charge in [0.25, 0.3) is 0 Å². The molecule has 150 valence electrons. The van der Waals surface area contributed by atoms with Gasteiger partial charge in [-0.1, -0.05) is 0 Å². The molecule has 1 N–H and O–H groups in total. The van der Waals surface area contributed by atoms with Crippen LogP contribution in [0.5, 0.6) is 11.5 Å². The van der Waals surface area contributed by atoms with Crippen molar-refractivity contribution in [2.75, 3.05) is 13.7 Å². The fourth-order valence-corrected chi connectivity index (χ4v) is 3.50. The summed E-state index contributed by atoms with van der Waals surface area (Å²) in [6, 6.07) is 13.7. The minimum absolute atomic E-state index is 0. The molecule has 1 aromatic heterocycles. The average molecular weight is 473 g/mol. The number of nitrogens with zero attached hydrogens (tertiary/aromatic N) is 2. The minimum atomic E-state index is -2.86. The van der Waals surface area contributed by atoms with Gasteiger partial charge in [-0.2, -0.15) is 8.78 Å². The Morgan fingerprint density at radius 3 is 2.29 bits per heavy atom. The number of methoxy groups -OCH3 is 1. The van der Waals surface area contributed by atoms with E-state index in [0.717, 1.165) is 27.5 Å². The van der Waals surface area contributed by atoms with Crippen molar-refractivity contribution in [3.05, 3.63) is 58.7 Å². The Morgan fingerprint density at radius 1 is 1.07 bits per heavy atom. The van der Waals surface area contributed by atoms with Gasteiger partial charge in [0, 0.05) is 11.9 Å². The molecule has 3 rings (SSSR count). The first-order valence-corrected chi connectivity index (χ1v) is 9.02. The molecule has 0 aliphatic heterocycles. The summed E-state index contributed by atoms with van der Waals surface area (Å²) in [6.45, 7) is -2.54. The zero-order valence-electron chi connectivity index (χ0n) is 14.9. The van der Waals surface area contributed by atoms with Crippen LogP contribution in [0, 0.1) is 0 Å². The molecule has 0 atom stereocenters. The number of aliphatic hydroxyl groups is 1. The van der Waals surface area contributed by atoms with E-state index in [2.05, 4.69) is 9.73 Å². The first-order valence-electron chi connectivity index (χ1n) is 8.14. The van der Waals surface area contributed by atoms with Gasteiger partial charge in [0.05, 0.1) is 25.1 Å². The smallest absolute Gasteiger partial charge is 0.387 e. The molecule has 1 heterocycles. The van der Waals surface area contributed by atoms with E-state index in [1.54, 1.807) is 19.2 Å². The van der Waals surface area contributed by atoms with Crippen LogP contribution in [0.4, 0.5) is 14.5 Å². The van der Waals surface area contributed by atoms with Gasteiger partial charge >= 0.3 is 6.61 Å². The summed E-state index contributed by atoms with van der Waals surface area (Å²) >= 11 is 1.43. The number of thiazole rings is 1. The van der Waals surface area contributed by atoms with E-state index in [1.807, 2.05) is 34.2 Å². The van der Waals surface area contributed by atoms with Crippen molar-refractivity contribution in [1.29, 1.82) is 0 Å². The number of benzene rings is 2. The molecule has 9 heteroatoms. The number of rotatable bonds is 7. The van der Waals surface area contributed by atoms with Crippen LogP contribution in [-0.2, 0) is 6.54 Å². The number of aromatic nitrogens is 1. The summed E-state index contributed by atoms with van der Waals surface area (Å²) in [5.41, 5.74) is 2.42. The quantitative estimate of drug-likeness (QED) is 0.545. The molecule has 0 bridgehead atoms. The number of halogens is 3. The van der Waals surface area contributed by atoms with Crippen molar-refractivity contribution in [2.45, 2.75) is 13.2 Å². The number of ether oxygens (including phenoxy) is 2. The lowest BCUT2D eigenvalue weighted by molar-refractivity contribution is -0.0498. The molecule has 3 aromatic rings. The molecule has 0 saturated carbocycles. The second-order valence-corrected chi connectivity index (χ2v) is 6.33. The first kappa shape index (κ1) is 22.1. The summed E-state index contributed by atoms with van der Waals surface area (Å²) in [5.74, 6) is 0.844. The standard InChI is InChI=1S/C19H18F2N2O3S.BrH/c1-25-15-8-4-14(5-9-15)22-19-23(10-11-24)17(12-27-19)13-2-6-16(7-3-13)26-18(20)21;/h2-9,12,18,24H,10-11H2,1H3;1H. The van der Waals surface area contributed by atoms with Gasteiger partial charge in [-0.15, -0.1) is 28.3 Å². The molecule has 0 unspecified atom stereocenters. The lowest BCUT2D eigenvalue weighted by atomic mass is 10.1. The van der Waals surface area contributed by atoms with E-state index in [1.165, 1.54) is 23.5 Å². The Labute approximate surface area is 175 Å². The maximum Gasteiger partial charge on any atom is 0.387 e. The molecule has 28 heavy (non-hydrogen) atoms. The minimum Gasteiger partial charge on any atom is -0.497 e. The van der Waals surface area contributed by atoms with Crippen molar-refractivity contribution in [3.63, 3.8) is 0 Å². The van der Waals surface area contributed by atoms with E-state index in [4.69, 9.17) is 4.74 Å². The lowest BCUT2D eigenvalue weighted by Crippen LogP contribution is -2.17. The van der Waals surface area contributed by atoms with E-state index in [9.17, 15) is 13.9 Å². The molecule has 5 nitrogen and oxygen atoms in total. The van der Waals surface area contributed by atoms with Crippen LogP contribution in [0.25, 0.3) is 11.3 Å². The van der Waals surface area contributed by atoms with Crippen LogP contribution < -0.4 is 14.3 Å². The van der Waals surface area contributed by atoms with Crippen LogP contribution in [0.15, 0.2) is 58.9 Å². The van der Waals surface area contributed by atoms with Gasteiger partial charge in [-0.3, -0.25) is 0 Å². The van der Waals surface area contributed by atoms with Gasteiger partial charge in [0.1, 0.15) is 11.5 Å². The molecule has 0 spiro atoms. The Kier molecular flexibility index (Phi) is 8.16. The highest BCUT2D eigenvalue weighted by atomic mass is 79.9. The van der Waals surface area contributed by atoms with Gasteiger partial charge < -0.3 is 19.1 Å². The molecule has 0 saturated heterocycles. The van der Waals surface area contributed by atoms with E-state index < -0.39 is 6.61 Å². The van der Waals surface area contributed by atoms with E-state index >= 15 is 0 Å². The highest BCUT2D eigenvalue weighted by molar-refractivity contribution is 8.93. The number of aliphatic hydroxyl groups excluding tert-OH is 1. The third kappa shape index (κ3) is 5.40. The second-order valence-electron chi connectivity index (χ2n) is 5.49. The average Bonchev–Trinajstić information content (AvgIpc) is 3.05. The van der Waals surface area contributed by atoms with Crippen molar-refractivity contribution in [2.24, 2.45) is 4.99 Å². The zero-order chi connectivity index (χ0) is 19.2. The molecule has 0 fully saturated rings. The van der Waals surface area contributed by atoms with Crippen LogP contribution in [0.3, 0.4) is 0 Å². The molecule has 0 aliphatic carbocycles. The maximum atomic E-state index is 12.3. The van der Waals surface area contributed by atoms with Crippen LogP contribution in [-0.4, -0.2) is 30.0 Å². The summed E-state index contributed by atoms with van der Waals surface area (Å²) in [7, 11) is 1.60. The number of hydrogen-bond acceptors (Lipinski definition) is 5. The normalized spacial score (nSPS) is 11.4. The van der Waals surface area contributed by atoms with Crippen LogP contribution in [0.2, 0.25) is 0 Å². The molecule has 0 amide bonds. The Bertz CT molecular complexity index is 941. The summed E-state index contributed by atoms with van der Waals surface area (Å²) in [4.78, 5) is 5.35. The summed E-state index contributed by atoms with van der Waals surface area (Å²) < 4.78 is 36.0. The number of hydrogen-bond donors (Lipinski definition) is 1. The highest BCUT2D eigenvalue weighted by Crippen LogP contribution is 2.24. The van der Waals surface area contributed by atoms with Gasteiger partial charge in [0.15, 0.2) is 4.80 Å². The topological polar surface area (TPSA) is 56.0 Å². The first-order chi connectivity index (χ1) is 13.1. The summed E-state index contributed by atoms with van der Waals surface area (Å²) in [6.07, 6.45) is 0. The van der Waals surface area contributed by atoms with E-state index in [-0.39, 0.29) is 29.3 Å². The Hall–Kier alpha value is -2.23. The predicted molar refractivity (Wildman–Crippen MR) is 110 cm³/mol. The van der Waals surface area contributed by atoms with Crippen LogP contribution >= 0.6 is 28.3 Å². The molecular formula is C19H19BrF2N2O3S. The van der Waals surface area contributed by atoms with Crippen molar-refractivity contribution in [1.82, 2.24) is 4.57 Å². The van der Waals surface area contributed by atoms with Gasteiger partial charge in [-0.05, 0) is 54.1 Å². The van der Waals surface area contributed by atoms with Crippen molar-refractivity contribution in [3.8, 4) is 22.8 Å². The van der Waals surface area contributed by atoms with Crippen LogP contribution in [0.1, 0.15) is 0 Å². The zero-order valence-corrected chi connectivity index (χ0v) is 17.4. The SMILES string of the molecule is Br.COc1ccc(N=c2scc(-c3ccc(OC(F)F)cc3)n2CCO)cc1. The second kappa shape index (κ2) is 10.4. The van der Waals surface area contributed by atoms with Crippen molar-refractivity contribution >= 4 is 34.0 Å². The van der Waals surface area contributed by atoms with E-state index in [0.29, 0.717) is 6.54 Å². The third-order valence-corrected chi connectivity index (χ3v) is 4.66. The lowest BCUT2D eigenvalue weighted by Gasteiger charge is -2.09. The summed E-state index contributed by atoms with van der Waals surface area (Å²) in [5, 5.41) is 11.4. The molecule has 0 radical (unpaired) electrons. The fraction of sp³-hybridized carbons (Fsp3) is 0.211. The Morgan fingerprint density at radius 2 is 1.71 bits per heavy atom. The highest BCUT2D eigenvalue weighted by Gasteiger charge is 2.10. The monoisotopic (exact) mass is 472 g/mol. The molecule has 0 aliphatic rings. The Balaban J connectivity index is 0.00000280. The van der Waals surface area contributed by atoms with Gasteiger partial charge in [0.2, 0.25) is 0 Å². The third-order valence-electron chi connectivity index (χ3n) is 3.79. The predicted octanol–water partition coefficient (Wildman–Crippen LogP) is 4.63. The largest absolute Gasteiger partial charge is 0.497 e. The number of alkyl halides is 2. The fourth-order valence-electron chi connectivity index (χ4n) is 2.54. The molecule has 2 aromatic carbocycles. The van der Waals surface area contributed by atoms with Crippen molar-refractivity contribution < 1.29 is 23.4 Å².